The van der Waals surface area contributed by atoms with Crippen LogP contribution in [0.3, 0.4) is 0 Å². The first-order chi connectivity index (χ1) is 11.6. The predicted molar refractivity (Wildman–Crippen MR) is 89.6 cm³/mol. The minimum atomic E-state index is -0.451. The van der Waals surface area contributed by atoms with Gasteiger partial charge in [0.2, 0.25) is 6.41 Å². The van der Waals surface area contributed by atoms with E-state index in [4.69, 9.17) is 27.9 Å². The number of hydrogen-bond donors (Lipinski definition) is 2. The maximum atomic E-state index is 14.4. The second-order valence-corrected chi connectivity index (χ2v) is 6.16. The monoisotopic (exact) mass is 369 g/mol. The first kappa shape index (κ1) is 17.0. The Balaban J connectivity index is 1.97. The minimum Gasteiger partial charge on any atom is -0.370 e. The summed E-state index contributed by atoms with van der Waals surface area (Å²) >= 11 is 12.1. The number of aromatic amines is 1. The fraction of sp³-hybridized carbons (Fsp3) is 0.250. The molecule has 0 saturated heterocycles. The van der Waals surface area contributed by atoms with E-state index < -0.39 is 5.83 Å². The van der Waals surface area contributed by atoms with Crippen LogP contribution in [0, 0.1) is 0 Å². The Kier molecular flexibility index (Phi) is 5.18. The molecule has 24 heavy (non-hydrogen) atoms. The van der Waals surface area contributed by atoms with Gasteiger partial charge in [-0.25, -0.2) is 4.39 Å². The molecule has 1 aliphatic heterocycles. The van der Waals surface area contributed by atoms with Gasteiger partial charge in [-0.05, 0) is 17.7 Å². The first-order valence-corrected chi connectivity index (χ1v) is 7.98. The number of rotatable bonds is 5. The highest BCUT2D eigenvalue weighted by Gasteiger charge is 2.25. The highest BCUT2D eigenvalue weighted by molar-refractivity contribution is 6.35. The van der Waals surface area contributed by atoms with Gasteiger partial charge in [-0.3, -0.25) is 9.89 Å². The summed E-state index contributed by atoms with van der Waals surface area (Å²) in [6.45, 7) is 0.267. The van der Waals surface area contributed by atoms with Crippen LogP contribution in [0.25, 0.3) is 5.57 Å². The van der Waals surface area contributed by atoms with E-state index in [2.05, 4.69) is 15.5 Å². The Labute approximate surface area is 147 Å². The molecule has 1 aromatic carbocycles. The van der Waals surface area contributed by atoms with Crippen LogP contribution in [0.4, 0.5) is 4.39 Å². The Morgan fingerprint density at radius 1 is 1.42 bits per heavy atom. The van der Waals surface area contributed by atoms with Gasteiger partial charge in [-0.1, -0.05) is 29.3 Å². The molecule has 0 bridgehead atoms. The summed E-state index contributed by atoms with van der Waals surface area (Å²) < 4.78 is 19.8. The average Bonchev–Trinajstić information content (AvgIpc) is 2.98. The normalized spacial score (nSPS) is 15.8. The molecular weight excluding hydrogens is 356 g/mol. The standard InChI is InChI=1S/C16H14Cl2FN3O2/c17-10-2-1-9(12(18)4-10)3-14-16-11(13(19)5-20-8-23)6-24-7-15(16)22-21-14/h1-2,4,8H,3,5-7H2,(H,20,23)(H,21,22)/b13-11-. The lowest BCUT2D eigenvalue weighted by Gasteiger charge is -2.18. The molecule has 0 unspecified atom stereocenters. The third kappa shape index (κ3) is 3.45. The number of H-pyrrole nitrogens is 1. The molecule has 0 saturated carbocycles. The molecule has 2 aromatic rings. The fourth-order valence-electron chi connectivity index (χ4n) is 2.63. The van der Waals surface area contributed by atoms with Crippen LogP contribution < -0.4 is 5.32 Å². The van der Waals surface area contributed by atoms with Crippen molar-refractivity contribution in [3.8, 4) is 0 Å². The van der Waals surface area contributed by atoms with Crippen molar-refractivity contribution in [2.24, 2.45) is 0 Å². The summed E-state index contributed by atoms with van der Waals surface area (Å²) in [6, 6.07) is 5.22. The van der Waals surface area contributed by atoms with Gasteiger partial charge in [0.05, 0.1) is 31.1 Å². The van der Waals surface area contributed by atoms with Crippen molar-refractivity contribution in [3.05, 3.63) is 56.6 Å². The van der Waals surface area contributed by atoms with E-state index in [-0.39, 0.29) is 13.2 Å². The summed E-state index contributed by atoms with van der Waals surface area (Å²) in [7, 11) is 0. The number of nitrogens with one attached hydrogen (secondary N) is 2. The molecule has 1 aromatic heterocycles. The molecular formula is C16H14Cl2FN3O2. The van der Waals surface area contributed by atoms with E-state index >= 15 is 0 Å². The highest BCUT2D eigenvalue weighted by Crippen LogP contribution is 2.32. The summed E-state index contributed by atoms with van der Waals surface area (Å²) in [5.74, 6) is -0.451. The number of aromatic nitrogens is 2. The molecule has 8 heteroatoms. The number of fused-ring (bicyclic) bond motifs is 1. The summed E-state index contributed by atoms with van der Waals surface area (Å²) in [5, 5.41) is 10.6. The Bertz CT molecular complexity index is 805. The number of hydrogen-bond acceptors (Lipinski definition) is 3. The molecule has 2 heterocycles. The zero-order valence-corrected chi connectivity index (χ0v) is 14.0. The van der Waals surface area contributed by atoms with Gasteiger partial charge >= 0.3 is 0 Å². The van der Waals surface area contributed by atoms with Crippen LogP contribution in [0.5, 0.6) is 0 Å². The van der Waals surface area contributed by atoms with Crippen molar-refractivity contribution in [1.82, 2.24) is 15.5 Å². The van der Waals surface area contributed by atoms with Gasteiger partial charge in [-0.2, -0.15) is 5.10 Å². The highest BCUT2D eigenvalue weighted by atomic mass is 35.5. The molecule has 0 radical (unpaired) electrons. The topological polar surface area (TPSA) is 67.0 Å². The number of benzene rings is 1. The van der Waals surface area contributed by atoms with Crippen LogP contribution >= 0.6 is 23.2 Å². The SMILES string of the molecule is O=CNC/C(F)=C1\COCc2[nH]nc(Cc3ccc(Cl)cc3Cl)c21. The van der Waals surface area contributed by atoms with E-state index in [1.165, 1.54) is 0 Å². The minimum absolute atomic E-state index is 0.125. The quantitative estimate of drug-likeness (QED) is 0.794. The van der Waals surface area contributed by atoms with Crippen molar-refractivity contribution in [2.75, 3.05) is 13.2 Å². The molecule has 0 atom stereocenters. The number of carbonyl (C=O) groups is 1. The number of amides is 1. The summed E-state index contributed by atoms with van der Waals surface area (Å²) in [5.41, 5.74) is 3.30. The predicted octanol–water partition coefficient (Wildman–Crippen LogP) is 3.26. The van der Waals surface area contributed by atoms with E-state index in [0.717, 1.165) is 5.56 Å². The molecule has 1 aliphatic rings. The van der Waals surface area contributed by atoms with Crippen LogP contribution in [0.15, 0.2) is 24.0 Å². The van der Waals surface area contributed by atoms with E-state index in [9.17, 15) is 9.18 Å². The zero-order valence-electron chi connectivity index (χ0n) is 12.5. The maximum absolute atomic E-state index is 14.4. The largest absolute Gasteiger partial charge is 0.370 e. The smallest absolute Gasteiger partial charge is 0.207 e. The fourth-order valence-corrected chi connectivity index (χ4v) is 3.11. The number of ether oxygens (including phenoxy) is 1. The molecule has 3 rings (SSSR count). The van der Waals surface area contributed by atoms with Crippen molar-refractivity contribution in [3.63, 3.8) is 0 Å². The number of carbonyl (C=O) groups excluding carboxylic acids is 1. The lowest BCUT2D eigenvalue weighted by atomic mass is 9.97. The van der Waals surface area contributed by atoms with Crippen LogP contribution in [-0.2, 0) is 22.6 Å². The third-order valence-corrected chi connectivity index (χ3v) is 4.34. The van der Waals surface area contributed by atoms with E-state index in [0.29, 0.717) is 52.0 Å². The first-order valence-electron chi connectivity index (χ1n) is 7.23. The molecule has 126 valence electrons. The van der Waals surface area contributed by atoms with Gasteiger partial charge in [0.1, 0.15) is 5.83 Å². The zero-order chi connectivity index (χ0) is 17.1. The Morgan fingerprint density at radius 2 is 2.25 bits per heavy atom. The van der Waals surface area contributed by atoms with Gasteiger partial charge in [0, 0.05) is 27.6 Å². The van der Waals surface area contributed by atoms with E-state index in [1.807, 2.05) is 6.07 Å². The summed E-state index contributed by atoms with van der Waals surface area (Å²) in [6.07, 6.45) is 0.883. The van der Waals surface area contributed by atoms with Crippen LogP contribution in [-0.4, -0.2) is 29.8 Å². The van der Waals surface area contributed by atoms with Gasteiger partial charge < -0.3 is 10.1 Å². The summed E-state index contributed by atoms with van der Waals surface area (Å²) in [4.78, 5) is 10.4. The van der Waals surface area contributed by atoms with Crippen molar-refractivity contribution in [1.29, 1.82) is 0 Å². The maximum Gasteiger partial charge on any atom is 0.207 e. The van der Waals surface area contributed by atoms with Crippen molar-refractivity contribution < 1.29 is 13.9 Å². The van der Waals surface area contributed by atoms with Gasteiger partial charge in [0.25, 0.3) is 0 Å². The number of nitrogens with zero attached hydrogens (tertiary/aromatic N) is 1. The molecule has 5 nitrogen and oxygen atoms in total. The lowest BCUT2D eigenvalue weighted by molar-refractivity contribution is -0.109. The molecule has 1 amide bonds. The molecule has 0 fully saturated rings. The van der Waals surface area contributed by atoms with Gasteiger partial charge in [-0.15, -0.1) is 0 Å². The Hall–Kier alpha value is -1.89. The lowest BCUT2D eigenvalue weighted by Crippen LogP contribution is -2.17. The second-order valence-electron chi connectivity index (χ2n) is 5.31. The van der Waals surface area contributed by atoms with Crippen LogP contribution in [0.2, 0.25) is 10.0 Å². The van der Waals surface area contributed by atoms with Crippen molar-refractivity contribution in [2.45, 2.75) is 13.0 Å². The second kappa shape index (κ2) is 7.34. The Morgan fingerprint density at radius 3 is 3.00 bits per heavy atom. The van der Waals surface area contributed by atoms with Gasteiger partial charge in [0.15, 0.2) is 0 Å². The third-order valence-electron chi connectivity index (χ3n) is 3.75. The molecule has 2 N–H and O–H groups in total. The van der Waals surface area contributed by atoms with E-state index in [1.54, 1.807) is 12.1 Å². The molecule has 0 spiro atoms. The molecule has 0 aliphatic carbocycles. The van der Waals surface area contributed by atoms with Crippen LogP contribution in [0.1, 0.15) is 22.5 Å². The average molecular weight is 370 g/mol. The van der Waals surface area contributed by atoms with Crippen molar-refractivity contribution >= 4 is 35.2 Å². The number of halogens is 3.